The van der Waals surface area contributed by atoms with E-state index in [2.05, 4.69) is 39.0 Å². The normalized spacial score (nSPS) is 24.1. The van der Waals surface area contributed by atoms with Crippen LogP contribution in [-0.4, -0.2) is 23.4 Å². The number of likely N-dealkylation sites (tertiary alicyclic amines) is 1. The van der Waals surface area contributed by atoms with Gasteiger partial charge in [-0.2, -0.15) is 0 Å². The van der Waals surface area contributed by atoms with E-state index in [9.17, 15) is 4.79 Å². The van der Waals surface area contributed by atoms with Crippen LogP contribution in [0.15, 0.2) is 18.2 Å². The third-order valence-electron chi connectivity index (χ3n) is 4.29. The predicted octanol–water partition coefficient (Wildman–Crippen LogP) is 3.42. The number of aryl methyl sites for hydroxylation is 2. The number of hydrogen-bond donors (Lipinski definition) is 0. The van der Waals surface area contributed by atoms with E-state index in [0.29, 0.717) is 12.0 Å². The van der Waals surface area contributed by atoms with Crippen LogP contribution in [0.4, 0.5) is 0 Å². The maximum absolute atomic E-state index is 11.6. The molecule has 1 aliphatic heterocycles. The molecule has 18 heavy (non-hydrogen) atoms. The van der Waals surface area contributed by atoms with Crippen molar-refractivity contribution in [1.82, 2.24) is 4.90 Å². The zero-order valence-electron chi connectivity index (χ0n) is 11.9. The van der Waals surface area contributed by atoms with Crippen molar-refractivity contribution in [3.8, 4) is 0 Å². The van der Waals surface area contributed by atoms with Gasteiger partial charge in [0.2, 0.25) is 5.91 Å². The Morgan fingerprint density at radius 3 is 2.56 bits per heavy atom. The molecular weight excluding hydrogens is 222 g/mol. The third kappa shape index (κ3) is 2.58. The van der Waals surface area contributed by atoms with E-state index in [4.69, 9.17) is 0 Å². The van der Waals surface area contributed by atoms with Gasteiger partial charge in [0.1, 0.15) is 0 Å². The van der Waals surface area contributed by atoms with Gasteiger partial charge in [-0.3, -0.25) is 4.79 Å². The third-order valence-corrected chi connectivity index (χ3v) is 4.29. The Bertz CT molecular complexity index is 452. The summed E-state index contributed by atoms with van der Waals surface area (Å²) in [4.78, 5) is 13.7. The molecule has 1 amide bonds. The molecule has 0 saturated carbocycles. The topological polar surface area (TPSA) is 20.3 Å². The first-order valence-corrected chi connectivity index (χ1v) is 6.83. The molecule has 1 heterocycles. The molecule has 1 saturated heterocycles. The van der Waals surface area contributed by atoms with Crippen molar-refractivity contribution in [2.75, 3.05) is 6.54 Å². The van der Waals surface area contributed by atoms with E-state index < -0.39 is 0 Å². The van der Waals surface area contributed by atoms with Crippen molar-refractivity contribution in [3.63, 3.8) is 0 Å². The monoisotopic (exact) mass is 245 g/mol. The molecule has 0 spiro atoms. The van der Waals surface area contributed by atoms with Crippen molar-refractivity contribution in [3.05, 3.63) is 34.9 Å². The van der Waals surface area contributed by atoms with Crippen LogP contribution in [0.2, 0.25) is 0 Å². The first kappa shape index (κ1) is 13.1. The summed E-state index contributed by atoms with van der Waals surface area (Å²) >= 11 is 0. The summed E-state index contributed by atoms with van der Waals surface area (Å²) in [5.74, 6) is 0.709. The molecule has 0 bridgehead atoms. The minimum atomic E-state index is 0.205. The molecule has 2 atom stereocenters. The number of rotatable bonds is 1. The lowest BCUT2D eigenvalue weighted by Gasteiger charge is -2.37. The molecule has 2 heteroatoms. The lowest BCUT2D eigenvalue weighted by molar-refractivity contribution is -0.132. The van der Waals surface area contributed by atoms with Crippen LogP contribution in [0.5, 0.6) is 0 Å². The van der Waals surface area contributed by atoms with Crippen LogP contribution in [0.1, 0.15) is 49.3 Å². The highest BCUT2D eigenvalue weighted by Gasteiger charge is 2.27. The minimum Gasteiger partial charge on any atom is -0.340 e. The Morgan fingerprint density at radius 1 is 1.22 bits per heavy atom. The lowest BCUT2D eigenvalue weighted by atomic mass is 9.86. The van der Waals surface area contributed by atoms with Crippen LogP contribution in [0, 0.1) is 13.8 Å². The number of hydrogen-bond acceptors (Lipinski definition) is 1. The second kappa shape index (κ2) is 5.13. The smallest absolute Gasteiger partial charge is 0.219 e. The molecule has 2 rings (SSSR count). The Morgan fingerprint density at radius 2 is 1.94 bits per heavy atom. The zero-order chi connectivity index (χ0) is 13.3. The predicted molar refractivity (Wildman–Crippen MR) is 74.7 cm³/mol. The molecule has 1 unspecified atom stereocenters. The Hall–Kier alpha value is -1.31. The molecule has 1 aromatic rings. The highest BCUT2D eigenvalue weighted by atomic mass is 16.2. The van der Waals surface area contributed by atoms with Gasteiger partial charge in [0.05, 0.1) is 0 Å². The van der Waals surface area contributed by atoms with E-state index in [1.54, 1.807) is 6.92 Å². The molecule has 1 fully saturated rings. The molecule has 0 aliphatic carbocycles. The number of nitrogens with zero attached hydrogens (tertiary/aromatic N) is 1. The Balaban J connectivity index is 2.18. The van der Waals surface area contributed by atoms with Gasteiger partial charge in [0.15, 0.2) is 0 Å². The number of carbonyl (C=O) groups is 1. The van der Waals surface area contributed by atoms with Gasteiger partial charge in [0, 0.05) is 25.4 Å². The molecule has 1 aliphatic rings. The molecule has 2 nitrogen and oxygen atoms in total. The zero-order valence-corrected chi connectivity index (χ0v) is 11.9. The van der Waals surface area contributed by atoms with Crippen LogP contribution >= 0.6 is 0 Å². The number of piperidine rings is 1. The van der Waals surface area contributed by atoms with E-state index in [0.717, 1.165) is 13.0 Å². The van der Waals surface area contributed by atoms with Crippen LogP contribution in [-0.2, 0) is 4.79 Å². The number of amides is 1. The average Bonchev–Trinajstić information content (AvgIpc) is 2.33. The van der Waals surface area contributed by atoms with Gasteiger partial charge in [-0.25, -0.2) is 0 Å². The van der Waals surface area contributed by atoms with Crippen LogP contribution in [0.25, 0.3) is 0 Å². The summed E-state index contributed by atoms with van der Waals surface area (Å²) in [6.07, 6.45) is 2.30. The SMILES string of the molecule is CC(=O)N1C[C@H](c2ccc(C)c(C)c2)CCC1C. The number of carbonyl (C=O) groups excluding carboxylic acids is 1. The Kier molecular flexibility index (Phi) is 3.74. The first-order valence-electron chi connectivity index (χ1n) is 6.83. The molecule has 0 aromatic heterocycles. The van der Waals surface area contributed by atoms with Gasteiger partial charge in [0.25, 0.3) is 0 Å². The van der Waals surface area contributed by atoms with E-state index >= 15 is 0 Å². The van der Waals surface area contributed by atoms with E-state index in [-0.39, 0.29) is 5.91 Å². The number of benzene rings is 1. The van der Waals surface area contributed by atoms with E-state index in [1.165, 1.54) is 23.1 Å². The lowest BCUT2D eigenvalue weighted by Crippen LogP contribution is -2.43. The van der Waals surface area contributed by atoms with Crippen molar-refractivity contribution in [2.24, 2.45) is 0 Å². The van der Waals surface area contributed by atoms with Gasteiger partial charge < -0.3 is 4.90 Å². The van der Waals surface area contributed by atoms with Gasteiger partial charge in [-0.1, -0.05) is 18.2 Å². The summed E-state index contributed by atoms with van der Waals surface area (Å²) in [7, 11) is 0. The molecule has 98 valence electrons. The van der Waals surface area contributed by atoms with Crippen molar-refractivity contribution in [2.45, 2.75) is 52.5 Å². The molecule has 1 aromatic carbocycles. The van der Waals surface area contributed by atoms with Crippen LogP contribution in [0.3, 0.4) is 0 Å². The second-order valence-electron chi connectivity index (χ2n) is 5.64. The van der Waals surface area contributed by atoms with Crippen LogP contribution < -0.4 is 0 Å². The second-order valence-corrected chi connectivity index (χ2v) is 5.64. The summed E-state index contributed by atoms with van der Waals surface area (Å²) < 4.78 is 0. The fourth-order valence-corrected chi connectivity index (χ4v) is 2.84. The molecular formula is C16H23NO. The molecule has 0 N–H and O–H groups in total. The fourth-order valence-electron chi connectivity index (χ4n) is 2.84. The van der Waals surface area contributed by atoms with Crippen molar-refractivity contribution in [1.29, 1.82) is 0 Å². The quantitative estimate of drug-likeness (QED) is 0.742. The maximum atomic E-state index is 11.6. The van der Waals surface area contributed by atoms with Gasteiger partial charge >= 0.3 is 0 Å². The first-order chi connectivity index (χ1) is 8.49. The highest BCUT2D eigenvalue weighted by molar-refractivity contribution is 5.73. The van der Waals surface area contributed by atoms with Gasteiger partial charge in [-0.05, 0) is 50.3 Å². The largest absolute Gasteiger partial charge is 0.340 e. The molecule has 0 radical (unpaired) electrons. The standard InChI is InChI=1S/C16H23NO/c1-11-5-7-15(9-12(11)2)16-8-6-13(3)17(10-16)14(4)18/h5,7,9,13,16H,6,8,10H2,1-4H3/t13?,16-/m1/s1. The maximum Gasteiger partial charge on any atom is 0.219 e. The summed E-state index contributed by atoms with van der Waals surface area (Å²) in [6, 6.07) is 7.10. The average molecular weight is 245 g/mol. The summed E-state index contributed by atoms with van der Waals surface area (Å²) in [6.45, 7) is 9.01. The van der Waals surface area contributed by atoms with E-state index in [1.807, 2.05) is 4.90 Å². The highest BCUT2D eigenvalue weighted by Crippen LogP contribution is 2.30. The summed E-state index contributed by atoms with van der Waals surface area (Å²) in [5, 5.41) is 0. The minimum absolute atomic E-state index is 0.205. The summed E-state index contributed by atoms with van der Waals surface area (Å²) in [5.41, 5.74) is 4.07. The van der Waals surface area contributed by atoms with Gasteiger partial charge in [-0.15, -0.1) is 0 Å². The van der Waals surface area contributed by atoms with Crippen molar-refractivity contribution < 1.29 is 4.79 Å². The fraction of sp³-hybridized carbons (Fsp3) is 0.562. The Labute approximate surface area is 110 Å². The van der Waals surface area contributed by atoms with Crippen molar-refractivity contribution >= 4 is 5.91 Å².